The van der Waals surface area contributed by atoms with Crippen LogP contribution in [0.15, 0.2) is 59.1 Å². The Bertz CT molecular complexity index is 1090. The Morgan fingerprint density at radius 1 is 1.15 bits per heavy atom. The number of hydrogen-bond donors (Lipinski definition) is 1. The average molecular weight is 492 g/mol. The molecule has 6 nitrogen and oxygen atoms in total. The van der Waals surface area contributed by atoms with E-state index < -0.39 is 18.0 Å². The predicted octanol–water partition coefficient (Wildman–Crippen LogP) is 4.07. The number of halogens is 3. The van der Waals surface area contributed by atoms with E-state index in [1.165, 1.54) is 36.0 Å². The summed E-state index contributed by atoms with van der Waals surface area (Å²) in [6.07, 6.45) is 1.09. The molecule has 0 aliphatic carbocycles. The Balaban J connectivity index is 1.48. The van der Waals surface area contributed by atoms with Crippen molar-refractivity contribution in [2.75, 3.05) is 6.54 Å². The molecule has 2 amide bonds. The molecule has 0 radical (unpaired) electrons. The number of primary amides is 1. The molecule has 4 rings (SSSR count). The van der Waals surface area contributed by atoms with Gasteiger partial charge in [0.25, 0.3) is 5.91 Å². The average Bonchev–Trinajstić information content (AvgIpc) is 3.30. The third-order valence-corrected chi connectivity index (χ3v) is 7.44. The molecule has 1 saturated heterocycles. The SMILES string of the molecule is CC1=C(C(N)=O)SC(N2CCC(Cc3ccc(OC(F)F)cc3)C2=O)N1Cc1ccc(F)cc1. The van der Waals surface area contributed by atoms with E-state index >= 15 is 0 Å². The van der Waals surface area contributed by atoms with Crippen LogP contribution < -0.4 is 10.5 Å². The molecule has 2 aliphatic heterocycles. The van der Waals surface area contributed by atoms with Gasteiger partial charge in [0.2, 0.25) is 5.91 Å². The minimum atomic E-state index is -2.89. The molecule has 1 fully saturated rings. The highest BCUT2D eigenvalue weighted by Crippen LogP contribution is 2.42. The zero-order valence-electron chi connectivity index (χ0n) is 18.4. The van der Waals surface area contributed by atoms with Crippen molar-refractivity contribution in [3.8, 4) is 5.75 Å². The lowest BCUT2D eigenvalue weighted by Crippen LogP contribution is -2.44. The van der Waals surface area contributed by atoms with Gasteiger partial charge in [-0.1, -0.05) is 36.0 Å². The molecule has 34 heavy (non-hydrogen) atoms. The van der Waals surface area contributed by atoms with Crippen LogP contribution in [0.2, 0.25) is 0 Å². The fraction of sp³-hybridized carbons (Fsp3) is 0.333. The maximum Gasteiger partial charge on any atom is 0.387 e. The lowest BCUT2D eigenvalue weighted by molar-refractivity contribution is -0.133. The number of rotatable bonds is 8. The summed E-state index contributed by atoms with van der Waals surface area (Å²) in [5.74, 6) is -1.14. The predicted molar refractivity (Wildman–Crippen MR) is 122 cm³/mol. The fourth-order valence-electron chi connectivity index (χ4n) is 4.27. The van der Waals surface area contributed by atoms with Crippen molar-refractivity contribution < 1.29 is 27.5 Å². The van der Waals surface area contributed by atoms with Gasteiger partial charge in [-0.3, -0.25) is 9.59 Å². The van der Waals surface area contributed by atoms with E-state index in [4.69, 9.17) is 5.73 Å². The smallest absolute Gasteiger partial charge is 0.387 e. The van der Waals surface area contributed by atoms with Crippen molar-refractivity contribution in [2.45, 2.75) is 38.4 Å². The van der Waals surface area contributed by atoms with E-state index in [0.29, 0.717) is 36.5 Å². The van der Waals surface area contributed by atoms with Crippen molar-refractivity contribution in [3.63, 3.8) is 0 Å². The fourth-order valence-corrected chi connectivity index (χ4v) is 5.58. The molecule has 2 heterocycles. The second-order valence-corrected chi connectivity index (χ2v) is 9.29. The van der Waals surface area contributed by atoms with Gasteiger partial charge in [0.05, 0.1) is 4.91 Å². The Kier molecular flexibility index (Phi) is 7.06. The quantitative estimate of drug-likeness (QED) is 0.603. The van der Waals surface area contributed by atoms with Crippen LogP contribution in [0.4, 0.5) is 13.2 Å². The summed E-state index contributed by atoms with van der Waals surface area (Å²) >= 11 is 1.25. The highest BCUT2D eigenvalue weighted by atomic mass is 32.2. The van der Waals surface area contributed by atoms with E-state index in [-0.39, 0.29) is 23.4 Å². The Labute approximate surface area is 199 Å². The maximum atomic E-state index is 13.3. The maximum absolute atomic E-state index is 13.3. The zero-order valence-corrected chi connectivity index (χ0v) is 19.2. The van der Waals surface area contributed by atoms with Crippen LogP contribution in [0.25, 0.3) is 0 Å². The number of carbonyl (C=O) groups is 2. The molecule has 0 aromatic heterocycles. The van der Waals surface area contributed by atoms with Crippen molar-refractivity contribution >= 4 is 23.6 Å². The van der Waals surface area contributed by atoms with Crippen molar-refractivity contribution in [1.82, 2.24) is 9.80 Å². The monoisotopic (exact) mass is 491 g/mol. The normalized spacial score (nSPS) is 20.6. The molecule has 0 spiro atoms. The molecule has 2 aromatic rings. The number of likely N-dealkylation sites (tertiary alicyclic amines) is 1. The van der Waals surface area contributed by atoms with Gasteiger partial charge in [-0.2, -0.15) is 8.78 Å². The van der Waals surface area contributed by atoms with Crippen molar-refractivity contribution in [1.29, 1.82) is 0 Å². The molecule has 2 aliphatic rings. The van der Waals surface area contributed by atoms with Gasteiger partial charge < -0.3 is 20.3 Å². The van der Waals surface area contributed by atoms with Crippen LogP contribution in [-0.4, -0.2) is 40.3 Å². The number of hydrogen-bond acceptors (Lipinski definition) is 5. The first-order valence-corrected chi connectivity index (χ1v) is 11.6. The number of alkyl halides is 2. The summed E-state index contributed by atoms with van der Waals surface area (Å²) < 4.78 is 42.4. The Morgan fingerprint density at radius 2 is 1.79 bits per heavy atom. The van der Waals surface area contributed by atoms with Gasteiger partial charge in [-0.15, -0.1) is 0 Å². The van der Waals surface area contributed by atoms with Crippen molar-refractivity contribution in [2.24, 2.45) is 11.7 Å². The molecular formula is C24H24F3N3O3S. The second-order valence-electron chi connectivity index (χ2n) is 8.22. The van der Waals surface area contributed by atoms with Crippen LogP contribution in [-0.2, 0) is 22.6 Å². The minimum absolute atomic E-state index is 0.0481. The molecule has 2 unspecified atom stereocenters. The largest absolute Gasteiger partial charge is 0.435 e. The van der Waals surface area contributed by atoms with Gasteiger partial charge in [-0.05, 0) is 55.2 Å². The number of carbonyl (C=O) groups excluding carboxylic acids is 2. The van der Waals surface area contributed by atoms with E-state index in [0.717, 1.165) is 11.1 Å². The molecule has 0 saturated carbocycles. The molecule has 2 aromatic carbocycles. The Hall–Kier alpha value is -3.14. The number of ether oxygens (including phenoxy) is 1. The summed E-state index contributed by atoms with van der Waals surface area (Å²) in [7, 11) is 0. The number of thioether (sulfide) groups is 1. The standard InChI is InChI=1S/C24H24F3N3O3S/c1-14-20(21(28)31)34-24(30(14)13-16-2-6-18(25)7-3-16)29-11-10-17(22(29)32)12-15-4-8-19(9-5-15)33-23(26)27/h2-9,17,23-24H,10-13H2,1H3,(H2,28,31). The zero-order chi connectivity index (χ0) is 24.4. The van der Waals surface area contributed by atoms with Crippen LogP contribution in [0.3, 0.4) is 0 Å². The van der Waals surface area contributed by atoms with E-state index in [1.54, 1.807) is 36.1 Å². The van der Waals surface area contributed by atoms with Crippen LogP contribution in [0, 0.1) is 11.7 Å². The van der Waals surface area contributed by atoms with Gasteiger partial charge >= 0.3 is 6.61 Å². The van der Waals surface area contributed by atoms with Gasteiger partial charge in [0.15, 0.2) is 5.50 Å². The highest BCUT2D eigenvalue weighted by molar-refractivity contribution is 8.04. The first-order valence-electron chi connectivity index (χ1n) is 10.8. The van der Waals surface area contributed by atoms with Gasteiger partial charge in [0, 0.05) is 24.7 Å². The lowest BCUT2D eigenvalue weighted by Gasteiger charge is -2.34. The van der Waals surface area contributed by atoms with Crippen LogP contribution >= 0.6 is 11.8 Å². The third-order valence-electron chi connectivity index (χ3n) is 5.99. The third kappa shape index (κ3) is 5.16. The molecule has 10 heteroatoms. The number of allylic oxidation sites excluding steroid dienone is 1. The number of benzene rings is 2. The minimum Gasteiger partial charge on any atom is -0.435 e. The van der Waals surface area contributed by atoms with Crippen molar-refractivity contribution in [3.05, 3.63) is 76.1 Å². The van der Waals surface area contributed by atoms with E-state index in [2.05, 4.69) is 4.74 Å². The topological polar surface area (TPSA) is 75.9 Å². The van der Waals surface area contributed by atoms with Gasteiger partial charge in [0.1, 0.15) is 11.6 Å². The van der Waals surface area contributed by atoms with Crippen LogP contribution in [0.5, 0.6) is 5.75 Å². The first kappa shape index (κ1) is 24.0. The lowest BCUT2D eigenvalue weighted by atomic mass is 9.98. The summed E-state index contributed by atoms with van der Waals surface area (Å²) in [4.78, 5) is 29.4. The number of nitrogens with two attached hydrogens (primary N) is 1. The van der Waals surface area contributed by atoms with Gasteiger partial charge in [-0.25, -0.2) is 4.39 Å². The molecule has 2 N–H and O–H groups in total. The van der Waals surface area contributed by atoms with E-state index in [1.807, 2.05) is 4.90 Å². The summed E-state index contributed by atoms with van der Waals surface area (Å²) in [6, 6.07) is 12.4. The number of nitrogens with zero attached hydrogens (tertiary/aromatic N) is 2. The Morgan fingerprint density at radius 3 is 2.41 bits per heavy atom. The molecule has 2 atom stereocenters. The molecular weight excluding hydrogens is 467 g/mol. The first-order chi connectivity index (χ1) is 16.2. The summed E-state index contributed by atoms with van der Waals surface area (Å²) in [5, 5.41) is 0. The van der Waals surface area contributed by atoms with E-state index in [9.17, 15) is 22.8 Å². The van der Waals surface area contributed by atoms with Crippen LogP contribution in [0.1, 0.15) is 24.5 Å². The molecule has 0 bridgehead atoms. The summed E-state index contributed by atoms with van der Waals surface area (Å²) in [5.41, 5.74) is 7.50. The number of amides is 2. The molecule has 180 valence electrons. The highest BCUT2D eigenvalue weighted by Gasteiger charge is 2.43. The summed E-state index contributed by atoms with van der Waals surface area (Å²) in [6.45, 7) is -0.203. The second kappa shape index (κ2) is 10.0.